The van der Waals surface area contributed by atoms with Gasteiger partial charge >= 0.3 is 6.03 Å². The van der Waals surface area contributed by atoms with E-state index in [1.165, 1.54) is 0 Å². The molecule has 1 fully saturated rings. The molecule has 1 aliphatic heterocycles. The molecule has 0 bridgehead atoms. The molecular formula is C20H24N4O2. The van der Waals surface area contributed by atoms with E-state index in [0.29, 0.717) is 18.0 Å². The summed E-state index contributed by atoms with van der Waals surface area (Å²) >= 11 is 0. The second kappa shape index (κ2) is 9.01. The second-order valence-electron chi connectivity index (χ2n) is 6.47. The van der Waals surface area contributed by atoms with Gasteiger partial charge in [0.2, 0.25) is 5.91 Å². The molecule has 1 saturated heterocycles. The number of hydrogen-bond donors (Lipinski definition) is 4. The Morgan fingerprint density at radius 3 is 2.12 bits per heavy atom. The zero-order valence-corrected chi connectivity index (χ0v) is 14.6. The number of hydrogen-bond acceptors (Lipinski definition) is 3. The van der Waals surface area contributed by atoms with Crippen molar-refractivity contribution < 1.29 is 9.59 Å². The summed E-state index contributed by atoms with van der Waals surface area (Å²) in [6.07, 6.45) is 2.60. The van der Waals surface area contributed by atoms with Crippen LogP contribution in [0.1, 0.15) is 19.3 Å². The van der Waals surface area contributed by atoms with Crippen molar-refractivity contribution in [3.05, 3.63) is 54.6 Å². The van der Waals surface area contributed by atoms with Gasteiger partial charge in [0, 0.05) is 23.5 Å². The highest BCUT2D eigenvalue weighted by Gasteiger charge is 2.15. The molecule has 6 nitrogen and oxygen atoms in total. The predicted molar refractivity (Wildman–Crippen MR) is 104 cm³/mol. The van der Waals surface area contributed by atoms with Crippen LogP contribution in [0.3, 0.4) is 0 Å². The third-order valence-electron chi connectivity index (χ3n) is 4.40. The minimum absolute atomic E-state index is 0.0272. The van der Waals surface area contributed by atoms with Crippen LogP contribution < -0.4 is 21.3 Å². The van der Waals surface area contributed by atoms with Gasteiger partial charge in [-0.2, -0.15) is 0 Å². The lowest BCUT2D eigenvalue weighted by molar-refractivity contribution is -0.116. The number of nitrogens with one attached hydrogen (secondary N) is 4. The van der Waals surface area contributed by atoms with Gasteiger partial charge in [-0.3, -0.25) is 4.79 Å². The fraction of sp³-hybridized carbons (Fsp3) is 0.300. The van der Waals surface area contributed by atoms with E-state index in [-0.39, 0.29) is 11.9 Å². The summed E-state index contributed by atoms with van der Waals surface area (Å²) in [6, 6.07) is 16.0. The third kappa shape index (κ3) is 5.60. The van der Waals surface area contributed by atoms with Crippen molar-refractivity contribution in [3.8, 4) is 0 Å². The molecule has 1 heterocycles. The molecule has 3 rings (SSSR count). The number of urea groups is 1. The van der Waals surface area contributed by atoms with Crippen molar-refractivity contribution >= 4 is 29.0 Å². The Morgan fingerprint density at radius 1 is 0.885 bits per heavy atom. The molecule has 136 valence electrons. The quantitative estimate of drug-likeness (QED) is 0.640. The number of rotatable bonds is 6. The predicted octanol–water partition coefficient (Wildman–Crippen LogP) is 3.66. The highest BCUT2D eigenvalue weighted by Crippen LogP contribution is 2.17. The summed E-state index contributed by atoms with van der Waals surface area (Å²) < 4.78 is 0. The fourth-order valence-electron chi connectivity index (χ4n) is 2.97. The molecule has 0 spiro atoms. The van der Waals surface area contributed by atoms with Gasteiger partial charge < -0.3 is 21.3 Å². The average molecular weight is 352 g/mol. The van der Waals surface area contributed by atoms with E-state index >= 15 is 0 Å². The van der Waals surface area contributed by atoms with Gasteiger partial charge in [-0.15, -0.1) is 0 Å². The van der Waals surface area contributed by atoms with E-state index in [0.717, 1.165) is 37.3 Å². The van der Waals surface area contributed by atoms with Crippen molar-refractivity contribution in [2.24, 2.45) is 5.92 Å². The molecular weight excluding hydrogens is 328 g/mol. The Kier molecular flexibility index (Phi) is 6.22. The molecule has 0 radical (unpaired) electrons. The highest BCUT2D eigenvalue weighted by atomic mass is 16.2. The maximum atomic E-state index is 12.0. The second-order valence-corrected chi connectivity index (χ2v) is 6.47. The van der Waals surface area contributed by atoms with Crippen molar-refractivity contribution in [2.45, 2.75) is 19.3 Å². The lowest BCUT2D eigenvalue weighted by atomic mass is 10.0. The van der Waals surface area contributed by atoms with Crippen LogP contribution in [0.4, 0.5) is 21.9 Å². The lowest BCUT2D eigenvalue weighted by Gasteiger charge is -2.10. The first-order valence-corrected chi connectivity index (χ1v) is 8.93. The molecule has 3 amide bonds. The van der Waals surface area contributed by atoms with Crippen LogP contribution in [0.5, 0.6) is 0 Å². The molecule has 0 saturated carbocycles. The summed E-state index contributed by atoms with van der Waals surface area (Å²) in [7, 11) is 0. The maximum absolute atomic E-state index is 12.0. The van der Waals surface area contributed by atoms with E-state index in [4.69, 9.17) is 0 Å². The molecule has 2 aromatic rings. The standard InChI is InChI=1S/C20H24N4O2/c25-19(11-6-15-12-13-21-14-15)22-17-7-9-18(10-8-17)24-20(26)23-16-4-2-1-3-5-16/h1-5,7-10,15,21H,6,11-14H2,(H,22,25)(H2,23,24,26). The van der Waals surface area contributed by atoms with Crippen LogP contribution in [-0.4, -0.2) is 25.0 Å². The smallest absolute Gasteiger partial charge is 0.323 e. The summed E-state index contributed by atoms with van der Waals surface area (Å²) in [4.78, 5) is 24.0. The molecule has 1 unspecified atom stereocenters. The van der Waals surface area contributed by atoms with Gasteiger partial charge in [-0.05, 0) is 68.2 Å². The molecule has 4 N–H and O–H groups in total. The monoisotopic (exact) mass is 352 g/mol. The van der Waals surface area contributed by atoms with Crippen molar-refractivity contribution in [1.82, 2.24) is 5.32 Å². The fourth-order valence-corrected chi connectivity index (χ4v) is 2.97. The number of anilines is 3. The summed E-state index contributed by atoms with van der Waals surface area (Å²) in [6.45, 7) is 2.07. The number of carbonyl (C=O) groups is 2. The van der Waals surface area contributed by atoms with Crippen LogP contribution in [-0.2, 0) is 4.79 Å². The van der Waals surface area contributed by atoms with E-state index in [9.17, 15) is 9.59 Å². The number of para-hydroxylation sites is 1. The number of amides is 3. The highest BCUT2D eigenvalue weighted by molar-refractivity contribution is 6.00. The van der Waals surface area contributed by atoms with Gasteiger partial charge in [0.05, 0.1) is 0 Å². The molecule has 6 heteroatoms. The Hall–Kier alpha value is -2.86. The van der Waals surface area contributed by atoms with Gasteiger partial charge in [0.1, 0.15) is 0 Å². The third-order valence-corrected chi connectivity index (χ3v) is 4.40. The molecule has 1 atom stereocenters. The summed E-state index contributed by atoms with van der Waals surface area (Å²) in [5.41, 5.74) is 2.12. The minimum Gasteiger partial charge on any atom is -0.326 e. The van der Waals surface area contributed by atoms with Crippen LogP contribution in [0.25, 0.3) is 0 Å². The van der Waals surface area contributed by atoms with Crippen molar-refractivity contribution in [3.63, 3.8) is 0 Å². The average Bonchev–Trinajstić information content (AvgIpc) is 3.16. The molecule has 26 heavy (non-hydrogen) atoms. The number of carbonyl (C=O) groups excluding carboxylic acids is 2. The first-order valence-electron chi connectivity index (χ1n) is 8.93. The van der Waals surface area contributed by atoms with E-state index in [2.05, 4.69) is 21.3 Å². The largest absolute Gasteiger partial charge is 0.326 e. The SMILES string of the molecule is O=C(CCC1CCNC1)Nc1ccc(NC(=O)Nc2ccccc2)cc1. The zero-order chi connectivity index (χ0) is 18.2. The normalized spacial score (nSPS) is 16.1. The minimum atomic E-state index is -0.307. The first-order chi connectivity index (χ1) is 12.7. The number of benzene rings is 2. The van der Waals surface area contributed by atoms with Gasteiger partial charge in [0.25, 0.3) is 0 Å². The molecule has 1 aliphatic rings. The topological polar surface area (TPSA) is 82.3 Å². The summed E-state index contributed by atoms with van der Waals surface area (Å²) in [5, 5.41) is 11.7. The van der Waals surface area contributed by atoms with Crippen LogP contribution in [0.2, 0.25) is 0 Å². The molecule has 0 aromatic heterocycles. The van der Waals surface area contributed by atoms with Crippen molar-refractivity contribution in [2.75, 3.05) is 29.0 Å². The van der Waals surface area contributed by atoms with E-state index < -0.39 is 0 Å². The Labute approximate surface area is 153 Å². The Balaban J connectivity index is 1.43. The summed E-state index contributed by atoms with van der Waals surface area (Å²) in [5.74, 6) is 0.634. The van der Waals surface area contributed by atoms with Crippen molar-refractivity contribution in [1.29, 1.82) is 0 Å². The van der Waals surface area contributed by atoms with Crippen LogP contribution >= 0.6 is 0 Å². The Bertz CT molecular complexity index is 725. The van der Waals surface area contributed by atoms with Crippen LogP contribution in [0, 0.1) is 5.92 Å². The van der Waals surface area contributed by atoms with Gasteiger partial charge in [-0.1, -0.05) is 18.2 Å². The molecule has 2 aromatic carbocycles. The van der Waals surface area contributed by atoms with Gasteiger partial charge in [0.15, 0.2) is 0 Å². The van der Waals surface area contributed by atoms with E-state index in [1.54, 1.807) is 24.3 Å². The lowest BCUT2D eigenvalue weighted by Crippen LogP contribution is -2.19. The van der Waals surface area contributed by atoms with E-state index in [1.807, 2.05) is 30.3 Å². The molecule has 0 aliphatic carbocycles. The van der Waals surface area contributed by atoms with Gasteiger partial charge in [-0.25, -0.2) is 4.79 Å². The Morgan fingerprint density at radius 2 is 1.50 bits per heavy atom. The zero-order valence-electron chi connectivity index (χ0n) is 14.6. The first kappa shape index (κ1) is 17.9. The maximum Gasteiger partial charge on any atom is 0.323 e. The van der Waals surface area contributed by atoms with Crippen LogP contribution in [0.15, 0.2) is 54.6 Å².